The summed E-state index contributed by atoms with van der Waals surface area (Å²) in [5.41, 5.74) is 1.31. The van der Waals surface area contributed by atoms with Crippen molar-refractivity contribution < 1.29 is 0 Å². The largest absolute Gasteiger partial charge is 0.358 e. The van der Waals surface area contributed by atoms with Crippen molar-refractivity contribution in [3.8, 4) is 0 Å². The van der Waals surface area contributed by atoms with Crippen LogP contribution in [0, 0.1) is 13.8 Å². The number of aryl methyl sites for hydroxylation is 2. The number of aromatic nitrogens is 2. The fourth-order valence-corrected chi connectivity index (χ4v) is 2.97. The molecule has 0 saturated heterocycles. The lowest BCUT2D eigenvalue weighted by molar-refractivity contribution is 0.703. The van der Waals surface area contributed by atoms with Crippen LogP contribution in [0.1, 0.15) is 17.4 Å². The Morgan fingerprint density at radius 2 is 2.11 bits per heavy atom. The molecule has 98 valence electrons. The lowest BCUT2D eigenvalue weighted by Crippen LogP contribution is -2.29. The highest BCUT2D eigenvalue weighted by Crippen LogP contribution is 2.33. The van der Waals surface area contributed by atoms with Gasteiger partial charge in [0.05, 0.1) is 5.39 Å². The Kier molecular flexibility index (Phi) is 4.14. The van der Waals surface area contributed by atoms with Gasteiger partial charge in [0.1, 0.15) is 17.0 Å². The molecule has 0 spiro atoms. The molecule has 0 bridgehead atoms. The Morgan fingerprint density at radius 1 is 1.33 bits per heavy atom. The van der Waals surface area contributed by atoms with Crippen molar-refractivity contribution in [3.63, 3.8) is 0 Å². The molecule has 1 N–H and O–H groups in total. The Hall–Kier alpha value is -1.20. The Bertz CT molecular complexity index is 535. The average molecular weight is 264 g/mol. The summed E-state index contributed by atoms with van der Waals surface area (Å²) in [6.45, 7) is 9.34. The molecule has 0 aromatic carbocycles. The molecule has 2 aromatic heterocycles. The molecule has 0 aliphatic heterocycles. The van der Waals surface area contributed by atoms with E-state index in [1.807, 2.05) is 0 Å². The number of thiophene rings is 1. The van der Waals surface area contributed by atoms with E-state index in [0.717, 1.165) is 30.3 Å². The molecule has 0 amide bonds. The fraction of sp³-hybridized carbons (Fsp3) is 0.538. The van der Waals surface area contributed by atoms with Crippen LogP contribution in [0.15, 0.2) is 6.33 Å². The van der Waals surface area contributed by atoms with Gasteiger partial charge in [-0.25, -0.2) is 9.97 Å². The summed E-state index contributed by atoms with van der Waals surface area (Å²) < 4.78 is 0. The molecule has 2 heterocycles. The van der Waals surface area contributed by atoms with Gasteiger partial charge < -0.3 is 10.2 Å². The van der Waals surface area contributed by atoms with Gasteiger partial charge >= 0.3 is 0 Å². The van der Waals surface area contributed by atoms with Crippen molar-refractivity contribution in [2.75, 3.05) is 31.6 Å². The van der Waals surface area contributed by atoms with Gasteiger partial charge in [0.25, 0.3) is 0 Å². The maximum atomic E-state index is 4.45. The highest BCUT2D eigenvalue weighted by atomic mass is 32.1. The molecule has 4 nitrogen and oxygen atoms in total. The van der Waals surface area contributed by atoms with E-state index in [1.54, 1.807) is 17.7 Å². The van der Waals surface area contributed by atoms with Crippen LogP contribution >= 0.6 is 11.3 Å². The quantitative estimate of drug-likeness (QED) is 0.842. The van der Waals surface area contributed by atoms with E-state index in [0.29, 0.717) is 0 Å². The van der Waals surface area contributed by atoms with E-state index in [2.05, 4.69) is 48.0 Å². The van der Waals surface area contributed by atoms with Gasteiger partial charge in [-0.1, -0.05) is 6.92 Å². The van der Waals surface area contributed by atoms with Gasteiger partial charge in [-0.2, -0.15) is 0 Å². The lowest BCUT2D eigenvalue weighted by atomic mass is 10.2. The molecule has 0 aliphatic carbocycles. The normalized spacial score (nSPS) is 11.1. The minimum Gasteiger partial charge on any atom is -0.358 e. The third-order valence-electron chi connectivity index (χ3n) is 3.18. The van der Waals surface area contributed by atoms with Crippen molar-refractivity contribution in [2.45, 2.75) is 20.8 Å². The molecular weight excluding hydrogens is 244 g/mol. The van der Waals surface area contributed by atoms with Crippen LogP contribution in [-0.4, -0.2) is 36.6 Å². The third-order valence-corrected chi connectivity index (χ3v) is 4.30. The Morgan fingerprint density at radius 3 is 2.83 bits per heavy atom. The van der Waals surface area contributed by atoms with Gasteiger partial charge in [-0.3, -0.25) is 0 Å². The summed E-state index contributed by atoms with van der Waals surface area (Å²) in [4.78, 5) is 13.4. The van der Waals surface area contributed by atoms with E-state index in [-0.39, 0.29) is 0 Å². The first kappa shape index (κ1) is 13.2. The number of nitrogens with zero attached hydrogens (tertiary/aromatic N) is 3. The molecule has 0 fully saturated rings. The molecule has 0 radical (unpaired) electrons. The molecule has 2 rings (SSSR count). The van der Waals surface area contributed by atoms with E-state index in [9.17, 15) is 0 Å². The maximum absolute atomic E-state index is 4.45. The van der Waals surface area contributed by atoms with Crippen LogP contribution in [0.4, 0.5) is 5.82 Å². The van der Waals surface area contributed by atoms with Gasteiger partial charge in [0, 0.05) is 25.0 Å². The van der Waals surface area contributed by atoms with Crippen LogP contribution in [0.25, 0.3) is 10.2 Å². The maximum Gasteiger partial charge on any atom is 0.140 e. The van der Waals surface area contributed by atoms with Gasteiger partial charge in [0.15, 0.2) is 0 Å². The van der Waals surface area contributed by atoms with Crippen molar-refractivity contribution >= 4 is 27.4 Å². The second kappa shape index (κ2) is 5.63. The molecule has 0 aliphatic rings. The second-order valence-electron chi connectivity index (χ2n) is 4.44. The summed E-state index contributed by atoms with van der Waals surface area (Å²) in [6, 6.07) is 0. The summed E-state index contributed by atoms with van der Waals surface area (Å²) >= 11 is 1.75. The SMILES string of the molecule is CCNCCN(C)c1ncnc2sc(C)c(C)c12. The van der Waals surface area contributed by atoms with E-state index in [1.165, 1.54) is 15.8 Å². The van der Waals surface area contributed by atoms with Gasteiger partial charge in [-0.15, -0.1) is 11.3 Å². The monoisotopic (exact) mass is 264 g/mol. The van der Waals surface area contributed by atoms with Crippen LogP contribution in [0.5, 0.6) is 0 Å². The minimum atomic E-state index is 0.953. The molecule has 0 atom stereocenters. The Balaban J connectivity index is 2.32. The van der Waals surface area contributed by atoms with Crippen LogP contribution < -0.4 is 10.2 Å². The zero-order valence-electron chi connectivity index (χ0n) is 11.4. The van der Waals surface area contributed by atoms with E-state index >= 15 is 0 Å². The topological polar surface area (TPSA) is 41.0 Å². The third kappa shape index (κ3) is 2.47. The Labute approximate surface area is 112 Å². The number of fused-ring (bicyclic) bond motifs is 1. The van der Waals surface area contributed by atoms with Crippen LogP contribution in [-0.2, 0) is 0 Å². The molecule has 5 heteroatoms. The standard InChI is InChI=1S/C13H20N4S/c1-5-14-6-7-17(4)12-11-9(2)10(3)18-13(11)16-8-15-12/h8,14H,5-7H2,1-4H3. The lowest BCUT2D eigenvalue weighted by Gasteiger charge is -2.19. The predicted octanol–water partition coefficient (Wildman–Crippen LogP) is 2.35. The number of nitrogens with one attached hydrogen (secondary N) is 1. The van der Waals surface area contributed by atoms with Crippen LogP contribution in [0.3, 0.4) is 0 Å². The first-order valence-electron chi connectivity index (χ1n) is 6.27. The van der Waals surface area contributed by atoms with Crippen molar-refractivity contribution in [1.29, 1.82) is 0 Å². The second-order valence-corrected chi connectivity index (χ2v) is 5.64. The molecule has 0 saturated carbocycles. The number of anilines is 1. The first-order valence-corrected chi connectivity index (χ1v) is 7.09. The van der Waals surface area contributed by atoms with Crippen LogP contribution in [0.2, 0.25) is 0 Å². The smallest absolute Gasteiger partial charge is 0.140 e. The zero-order chi connectivity index (χ0) is 13.1. The summed E-state index contributed by atoms with van der Waals surface area (Å²) in [5.74, 6) is 1.04. The average Bonchev–Trinajstić information content (AvgIpc) is 2.65. The number of likely N-dealkylation sites (N-methyl/N-ethyl adjacent to an activating group) is 2. The van der Waals surface area contributed by atoms with E-state index in [4.69, 9.17) is 0 Å². The first-order chi connectivity index (χ1) is 8.65. The number of rotatable bonds is 5. The molecular formula is C13H20N4S. The zero-order valence-corrected chi connectivity index (χ0v) is 12.3. The highest BCUT2D eigenvalue weighted by Gasteiger charge is 2.14. The predicted molar refractivity (Wildman–Crippen MR) is 78.7 cm³/mol. The minimum absolute atomic E-state index is 0.953. The number of hydrogen-bond donors (Lipinski definition) is 1. The summed E-state index contributed by atoms with van der Waals surface area (Å²) in [7, 11) is 2.09. The van der Waals surface area contributed by atoms with E-state index < -0.39 is 0 Å². The van der Waals surface area contributed by atoms with Gasteiger partial charge in [0.2, 0.25) is 0 Å². The van der Waals surface area contributed by atoms with Gasteiger partial charge in [-0.05, 0) is 26.0 Å². The fourth-order valence-electron chi connectivity index (χ4n) is 1.98. The molecule has 18 heavy (non-hydrogen) atoms. The van der Waals surface area contributed by atoms with Crippen molar-refractivity contribution in [3.05, 3.63) is 16.8 Å². The summed E-state index contributed by atoms with van der Waals surface area (Å²) in [6.07, 6.45) is 1.66. The highest BCUT2D eigenvalue weighted by molar-refractivity contribution is 7.18. The molecule has 2 aromatic rings. The summed E-state index contributed by atoms with van der Waals surface area (Å²) in [5, 5.41) is 4.54. The number of hydrogen-bond acceptors (Lipinski definition) is 5. The van der Waals surface area contributed by atoms with Crippen molar-refractivity contribution in [2.24, 2.45) is 0 Å². The van der Waals surface area contributed by atoms with Crippen molar-refractivity contribution in [1.82, 2.24) is 15.3 Å². The molecule has 0 unspecified atom stereocenters.